The molecule has 2 aliphatic carbocycles. The Morgan fingerprint density at radius 3 is 2.55 bits per heavy atom. The Labute approximate surface area is 124 Å². The zero-order chi connectivity index (χ0) is 14.5. The fraction of sp³-hybridized carbons (Fsp3) is 1.00. The van der Waals surface area contributed by atoms with Gasteiger partial charge in [0.1, 0.15) is 0 Å². The Kier molecular flexibility index (Phi) is 3.67. The van der Waals surface area contributed by atoms with Gasteiger partial charge in [0.05, 0.1) is 6.10 Å². The van der Waals surface area contributed by atoms with Crippen molar-refractivity contribution in [2.24, 2.45) is 23.0 Å². The maximum Gasteiger partial charge on any atom is 0.0690 e. The van der Waals surface area contributed by atoms with Crippen LogP contribution in [0.25, 0.3) is 0 Å². The van der Waals surface area contributed by atoms with E-state index in [-0.39, 0.29) is 11.0 Å². The second-order valence-electron chi connectivity index (χ2n) is 8.36. The van der Waals surface area contributed by atoms with Crippen molar-refractivity contribution in [3.63, 3.8) is 0 Å². The van der Waals surface area contributed by atoms with Crippen molar-refractivity contribution in [1.82, 2.24) is 4.90 Å². The molecule has 116 valence electrons. The Morgan fingerprint density at radius 2 is 1.95 bits per heavy atom. The highest BCUT2D eigenvalue weighted by atomic mass is 16.5. The first-order valence-corrected chi connectivity index (χ1v) is 8.51. The second-order valence-corrected chi connectivity index (χ2v) is 8.36. The fourth-order valence-corrected chi connectivity index (χ4v) is 4.58. The number of ether oxygens (including phenoxy) is 1. The SMILES string of the molecule is CC(C)CN(CC1(N)C2CCCOC2C1(C)C)C1CC1. The van der Waals surface area contributed by atoms with E-state index in [1.165, 1.54) is 32.2 Å². The number of nitrogens with zero attached hydrogens (tertiary/aromatic N) is 1. The van der Waals surface area contributed by atoms with E-state index in [1.807, 2.05) is 0 Å². The molecular formula is C17H32N2O. The molecule has 2 saturated carbocycles. The minimum absolute atomic E-state index is 0.0600. The minimum Gasteiger partial charge on any atom is -0.377 e. The van der Waals surface area contributed by atoms with E-state index in [4.69, 9.17) is 10.5 Å². The van der Waals surface area contributed by atoms with Crippen molar-refractivity contribution in [2.75, 3.05) is 19.7 Å². The van der Waals surface area contributed by atoms with E-state index in [1.54, 1.807) is 0 Å². The Balaban J connectivity index is 1.73. The Bertz CT molecular complexity index is 364. The average Bonchev–Trinajstić information content (AvgIpc) is 3.21. The van der Waals surface area contributed by atoms with Crippen LogP contribution in [0, 0.1) is 17.3 Å². The molecule has 1 saturated heterocycles. The number of hydrogen-bond donors (Lipinski definition) is 1. The lowest BCUT2D eigenvalue weighted by atomic mass is 9.46. The largest absolute Gasteiger partial charge is 0.377 e. The molecule has 0 radical (unpaired) electrons. The monoisotopic (exact) mass is 280 g/mol. The highest BCUT2D eigenvalue weighted by Crippen LogP contribution is 2.57. The molecule has 0 aromatic heterocycles. The fourth-order valence-electron chi connectivity index (χ4n) is 4.58. The summed E-state index contributed by atoms with van der Waals surface area (Å²) < 4.78 is 6.03. The van der Waals surface area contributed by atoms with Crippen LogP contribution < -0.4 is 5.73 Å². The topological polar surface area (TPSA) is 38.5 Å². The first-order chi connectivity index (χ1) is 9.36. The summed E-state index contributed by atoms with van der Waals surface area (Å²) in [6.07, 6.45) is 5.57. The van der Waals surface area contributed by atoms with Gasteiger partial charge in [-0.3, -0.25) is 4.90 Å². The molecule has 0 bridgehead atoms. The van der Waals surface area contributed by atoms with E-state index in [0.717, 1.165) is 25.1 Å². The van der Waals surface area contributed by atoms with Crippen molar-refractivity contribution in [3.8, 4) is 0 Å². The predicted octanol–water partition coefficient (Wildman–Crippen LogP) is 2.64. The molecule has 1 heterocycles. The molecule has 3 atom stereocenters. The van der Waals surface area contributed by atoms with Crippen molar-refractivity contribution >= 4 is 0 Å². The van der Waals surface area contributed by atoms with Crippen LogP contribution in [-0.4, -0.2) is 42.3 Å². The summed E-state index contributed by atoms with van der Waals surface area (Å²) in [6, 6.07) is 0.803. The van der Waals surface area contributed by atoms with Crippen molar-refractivity contribution < 1.29 is 4.74 Å². The van der Waals surface area contributed by atoms with Crippen LogP contribution in [0.15, 0.2) is 0 Å². The van der Waals surface area contributed by atoms with Crippen LogP contribution in [0.1, 0.15) is 53.4 Å². The maximum atomic E-state index is 6.96. The van der Waals surface area contributed by atoms with E-state index >= 15 is 0 Å². The van der Waals surface area contributed by atoms with Crippen LogP contribution in [0.5, 0.6) is 0 Å². The zero-order valence-corrected chi connectivity index (χ0v) is 13.7. The summed E-state index contributed by atoms with van der Waals surface area (Å²) in [6.45, 7) is 12.5. The molecule has 3 aliphatic rings. The standard InChI is InChI=1S/C17H32N2O/c1-12(2)10-19(13-7-8-13)11-17(18)14-6-5-9-20-15(14)16(17,3)4/h12-15H,5-11,18H2,1-4H3. The molecule has 3 unspecified atom stereocenters. The summed E-state index contributed by atoms with van der Waals surface area (Å²) in [7, 11) is 0. The van der Waals surface area contributed by atoms with Gasteiger partial charge in [-0.1, -0.05) is 27.7 Å². The lowest BCUT2D eigenvalue weighted by Gasteiger charge is -2.67. The third-order valence-electron chi connectivity index (χ3n) is 6.02. The zero-order valence-electron chi connectivity index (χ0n) is 13.7. The molecule has 0 aromatic carbocycles. The molecule has 3 rings (SSSR count). The highest BCUT2D eigenvalue weighted by molar-refractivity contribution is 5.21. The van der Waals surface area contributed by atoms with Gasteiger partial charge >= 0.3 is 0 Å². The van der Waals surface area contributed by atoms with Gasteiger partial charge in [0.15, 0.2) is 0 Å². The third-order valence-corrected chi connectivity index (χ3v) is 6.02. The van der Waals surface area contributed by atoms with Crippen molar-refractivity contribution in [2.45, 2.75) is 71.1 Å². The predicted molar refractivity (Wildman–Crippen MR) is 82.6 cm³/mol. The summed E-state index contributed by atoms with van der Waals surface area (Å²) in [5.41, 5.74) is 7.01. The van der Waals surface area contributed by atoms with Crippen molar-refractivity contribution in [3.05, 3.63) is 0 Å². The summed E-state index contributed by atoms with van der Waals surface area (Å²) in [4.78, 5) is 2.68. The van der Waals surface area contributed by atoms with Gasteiger partial charge in [-0.2, -0.15) is 0 Å². The summed E-state index contributed by atoms with van der Waals surface area (Å²) in [5.74, 6) is 1.29. The van der Waals surface area contributed by atoms with Gasteiger partial charge < -0.3 is 10.5 Å². The van der Waals surface area contributed by atoms with Gasteiger partial charge in [0.2, 0.25) is 0 Å². The Morgan fingerprint density at radius 1 is 1.25 bits per heavy atom. The molecule has 0 spiro atoms. The molecule has 0 amide bonds. The van der Waals surface area contributed by atoms with Gasteiger partial charge in [0, 0.05) is 42.6 Å². The Hall–Kier alpha value is -0.120. The van der Waals surface area contributed by atoms with E-state index in [9.17, 15) is 0 Å². The van der Waals surface area contributed by atoms with Crippen LogP contribution in [0.2, 0.25) is 0 Å². The van der Waals surface area contributed by atoms with E-state index in [0.29, 0.717) is 12.0 Å². The number of rotatable bonds is 5. The number of nitrogens with two attached hydrogens (primary N) is 1. The molecular weight excluding hydrogens is 248 g/mol. The van der Waals surface area contributed by atoms with E-state index < -0.39 is 0 Å². The van der Waals surface area contributed by atoms with Gasteiger partial charge in [-0.15, -0.1) is 0 Å². The smallest absolute Gasteiger partial charge is 0.0690 e. The molecule has 3 nitrogen and oxygen atoms in total. The van der Waals surface area contributed by atoms with Crippen LogP contribution >= 0.6 is 0 Å². The first-order valence-electron chi connectivity index (χ1n) is 8.51. The van der Waals surface area contributed by atoms with Crippen LogP contribution in [0.3, 0.4) is 0 Å². The molecule has 0 aromatic rings. The second kappa shape index (κ2) is 4.96. The number of fused-ring (bicyclic) bond motifs is 1. The lowest BCUT2D eigenvalue weighted by Crippen LogP contribution is -2.80. The third kappa shape index (κ3) is 2.22. The average molecular weight is 280 g/mol. The summed E-state index contributed by atoms with van der Waals surface area (Å²) in [5, 5.41) is 0. The maximum absolute atomic E-state index is 6.96. The van der Waals surface area contributed by atoms with Gasteiger partial charge in [-0.05, 0) is 31.6 Å². The molecule has 3 heteroatoms. The van der Waals surface area contributed by atoms with Gasteiger partial charge in [0.25, 0.3) is 0 Å². The minimum atomic E-state index is -0.0600. The van der Waals surface area contributed by atoms with Crippen molar-refractivity contribution in [1.29, 1.82) is 0 Å². The normalized spacial score (nSPS) is 39.8. The van der Waals surface area contributed by atoms with Crippen LogP contribution in [0.4, 0.5) is 0 Å². The summed E-state index contributed by atoms with van der Waals surface area (Å²) >= 11 is 0. The molecule has 20 heavy (non-hydrogen) atoms. The highest BCUT2D eigenvalue weighted by Gasteiger charge is 2.66. The lowest BCUT2D eigenvalue weighted by molar-refractivity contribution is -0.232. The molecule has 1 aliphatic heterocycles. The van der Waals surface area contributed by atoms with E-state index in [2.05, 4.69) is 32.6 Å². The first kappa shape index (κ1) is 14.8. The molecule has 2 N–H and O–H groups in total. The van der Waals surface area contributed by atoms with Crippen LogP contribution in [-0.2, 0) is 4.74 Å². The quantitative estimate of drug-likeness (QED) is 0.841. The van der Waals surface area contributed by atoms with Gasteiger partial charge in [-0.25, -0.2) is 0 Å². The number of hydrogen-bond acceptors (Lipinski definition) is 3. The molecule has 3 fully saturated rings.